The Morgan fingerprint density at radius 2 is 1.66 bits per heavy atom. The fraction of sp³-hybridized carbons (Fsp3) is 0.207. The van der Waals surface area contributed by atoms with Crippen LogP contribution in [0.3, 0.4) is 0 Å². The molecule has 0 aliphatic carbocycles. The number of aryl methyl sites for hydroxylation is 1. The summed E-state index contributed by atoms with van der Waals surface area (Å²) < 4.78 is 41.4. The Kier molecular flexibility index (Phi) is 8.32. The molecule has 0 saturated heterocycles. The molecule has 0 radical (unpaired) electrons. The van der Waals surface area contributed by atoms with Crippen LogP contribution in [0.25, 0.3) is 22.2 Å². The van der Waals surface area contributed by atoms with Crippen LogP contribution in [-0.2, 0) is 11.2 Å². The van der Waals surface area contributed by atoms with Crippen molar-refractivity contribution in [3.8, 4) is 11.3 Å². The Hall–Kier alpha value is -3.91. The lowest BCUT2D eigenvalue weighted by Gasteiger charge is -2.22. The third kappa shape index (κ3) is 6.69. The van der Waals surface area contributed by atoms with Gasteiger partial charge in [-0.15, -0.1) is 0 Å². The van der Waals surface area contributed by atoms with Gasteiger partial charge in [-0.25, -0.2) is 4.98 Å². The summed E-state index contributed by atoms with van der Waals surface area (Å²) in [5.41, 5.74) is 3.01. The Morgan fingerprint density at radius 3 is 2.32 bits per heavy atom. The first-order valence-electron chi connectivity index (χ1n) is 12.0. The molecule has 4 rings (SSSR count). The Balaban J connectivity index is 1.65. The number of aliphatic carboxylic acids is 1. The van der Waals surface area contributed by atoms with E-state index in [2.05, 4.69) is 5.32 Å². The predicted octanol–water partition coefficient (Wildman–Crippen LogP) is 7.39. The van der Waals surface area contributed by atoms with E-state index in [-0.39, 0.29) is 22.6 Å². The van der Waals surface area contributed by atoms with Crippen molar-refractivity contribution >= 4 is 34.4 Å². The van der Waals surface area contributed by atoms with Gasteiger partial charge in [0.25, 0.3) is 5.91 Å². The highest BCUT2D eigenvalue weighted by molar-refractivity contribution is 6.30. The molecular formula is C29H24ClF3N2O3. The molecule has 0 aliphatic rings. The number of carbonyl (C=O) groups excluding carboxylic acids is 1. The normalized spacial score (nSPS) is 12.3. The van der Waals surface area contributed by atoms with Crippen LogP contribution in [-0.4, -0.2) is 28.1 Å². The van der Waals surface area contributed by atoms with Crippen molar-refractivity contribution in [1.29, 1.82) is 0 Å². The van der Waals surface area contributed by atoms with Gasteiger partial charge in [0.05, 0.1) is 11.2 Å². The number of unbranched alkanes of at least 4 members (excludes halogenated alkanes) is 1. The number of nitrogens with one attached hydrogen (secondary N) is 1. The zero-order chi connectivity index (χ0) is 27.3. The molecule has 5 nitrogen and oxygen atoms in total. The molecule has 0 spiro atoms. The largest absolute Gasteiger partial charge is 0.481 e. The quantitative estimate of drug-likeness (QED) is 0.217. The second kappa shape index (κ2) is 11.6. The number of benzene rings is 3. The van der Waals surface area contributed by atoms with Gasteiger partial charge in [-0.05, 0) is 66.8 Å². The van der Waals surface area contributed by atoms with Crippen LogP contribution >= 0.6 is 11.6 Å². The molecule has 0 saturated carbocycles. The minimum Gasteiger partial charge on any atom is -0.481 e. The average molecular weight is 541 g/mol. The number of carboxylic acid groups (broad SMARTS) is 1. The smallest absolute Gasteiger partial charge is 0.412 e. The maximum atomic E-state index is 13.8. The number of carbonyl (C=O) groups is 2. The lowest BCUT2D eigenvalue weighted by atomic mass is 9.98. The summed E-state index contributed by atoms with van der Waals surface area (Å²) in [6.45, 7) is 0. The molecule has 3 aromatic carbocycles. The van der Waals surface area contributed by atoms with Crippen molar-refractivity contribution in [2.45, 2.75) is 37.9 Å². The molecule has 0 unspecified atom stereocenters. The number of amides is 1. The fourth-order valence-electron chi connectivity index (χ4n) is 4.21. The Morgan fingerprint density at radius 1 is 0.947 bits per heavy atom. The summed E-state index contributed by atoms with van der Waals surface area (Å²) in [6, 6.07) is 18.9. The van der Waals surface area contributed by atoms with Crippen molar-refractivity contribution in [2.75, 3.05) is 0 Å². The van der Waals surface area contributed by atoms with E-state index in [4.69, 9.17) is 21.7 Å². The topological polar surface area (TPSA) is 79.3 Å². The number of hydrogen-bond acceptors (Lipinski definition) is 3. The van der Waals surface area contributed by atoms with Gasteiger partial charge in [0.1, 0.15) is 0 Å². The van der Waals surface area contributed by atoms with Gasteiger partial charge in [0, 0.05) is 28.0 Å². The highest BCUT2D eigenvalue weighted by Gasteiger charge is 2.42. The van der Waals surface area contributed by atoms with Crippen LogP contribution in [0.2, 0.25) is 5.02 Å². The SMILES string of the molecule is O=C(O)CCCCc1cc2cc(C(=O)N[C@@H](c3ccc(Cl)cc3)C(F)(F)F)ccc2nc1-c1ccccc1. The zero-order valence-corrected chi connectivity index (χ0v) is 20.9. The number of nitrogens with zero attached hydrogens (tertiary/aromatic N) is 1. The standard InChI is InChI=1S/C29H24ClF3N2O3/c30-23-13-10-19(11-14-23)27(29(31,32)33)35-28(38)21-12-15-24-22(17-21)16-20(8-4-5-9-25(36)37)26(34-24)18-6-2-1-3-7-18/h1-3,6-7,10-17,27H,4-5,8-9H2,(H,35,38)(H,36,37)/t27-/m0/s1. The highest BCUT2D eigenvalue weighted by Crippen LogP contribution is 2.34. The van der Waals surface area contributed by atoms with Gasteiger partial charge < -0.3 is 10.4 Å². The lowest BCUT2D eigenvalue weighted by molar-refractivity contribution is -0.155. The average Bonchev–Trinajstić information content (AvgIpc) is 2.89. The Labute approximate surface area is 222 Å². The molecule has 0 aliphatic heterocycles. The second-order valence-electron chi connectivity index (χ2n) is 8.87. The van der Waals surface area contributed by atoms with E-state index >= 15 is 0 Å². The molecular weight excluding hydrogens is 517 g/mol. The van der Waals surface area contributed by atoms with Gasteiger partial charge in [-0.1, -0.05) is 54.1 Å². The minimum absolute atomic E-state index is 0.0555. The minimum atomic E-state index is -4.71. The summed E-state index contributed by atoms with van der Waals surface area (Å²) in [5.74, 6) is -1.74. The van der Waals surface area contributed by atoms with Crippen molar-refractivity contribution in [2.24, 2.45) is 0 Å². The highest BCUT2D eigenvalue weighted by atomic mass is 35.5. The van der Waals surface area contributed by atoms with Crippen LogP contribution in [0.15, 0.2) is 78.9 Å². The van der Waals surface area contributed by atoms with E-state index in [0.29, 0.717) is 30.2 Å². The number of hydrogen-bond donors (Lipinski definition) is 2. The summed E-state index contributed by atoms with van der Waals surface area (Å²) >= 11 is 5.80. The monoisotopic (exact) mass is 540 g/mol. The molecule has 1 heterocycles. The molecule has 0 bridgehead atoms. The van der Waals surface area contributed by atoms with Crippen LogP contribution in [0.4, 0.5) is 13.2 Å². The third-order valence-electron chi connectivity index (χ3n) is 6.10. The summed E-state index contributed by atoms with van der Waals surface area (Å²) in [4.78, 5) is 28.6. The number of pyridine rings is 1. The van der Waals surface area contributed by atoms with E-state index in [9.17, 15) is 22.8 Å². The maximum absolute atomic E-state index is 13.8. The van der Waals surface area contributed by atoms with Gasteiger partial charge >= 0.3 is 12.1 Å². The molecule has 196 valence electrons. The van der Waals surface area contributed by atoms with Crippen molar-refractivity contribution in [3.63, 3.8) is 0 Å². The first-order valence-corrected chi connectivity index (χ1v) is 12.3. The summed E-state index contributed by atoms with van der Waals surface area (Å²) in [5, 5.41) is 11.9. The molecule has 9 heteroatoms. The van der Waals surface area contributed by atoms with Crippen LogP contribution in [0, 0.1) is 0 Å². The van der Waals surface area contributed by atoms with E-state index in [0.717, 1.165) is 16.8 Å². The van der Waals surface area contributed by atoms with Gasteiger partial charge in [0.15, 0.2) is 6.04 Å². The van der Waals surface area contributed by atoms with Crippen LogP contribution < -0.4 is 5.32 Å². The van der Waals surface area contributed by atoms with Gasteiger partial charge in [-0.2, -0.15) is 13.2 Å². The predicted molar refractivity (Wildman–Crippen MR) is 140 cm³/mol. The molecule has 1 aromatic heterocycles. The van der Waals surface area contributed by atoms with Crippen LogP contribution in [0.5, 0.6) is 0 Å². The third-order valence-corrected chi connectivity index (χ3v) is 6.35. The molecule has 38 heavy (non-hydrogen) atoms. The second-order valence-corrected chi connectivity index (χ2v) is 9.31. The first kappa shape index (κ1) is 27.1. The fourth-order valence-corrected chi connectivity index (χ4v) is 4.34. The van der Waals surface area contributed by atoms with Crippen molar-refractivity contribution in [3.05, 3.63) is 101 Å². The summed E-state index contributed by atoms with van der Waals surface area (Å²) in [7, 11) is 0. The zero-order valence-electron chi connectivity index (χ0n) is 20.1. The molecule has 2 N–H and O–H groups in total. The number of fused-ring (bicyclic) bond motifs is 1. The first-order chi connectivity index (χ1) is 18.1. The summed E-state index contributed by atoms with van der Waals surface area (Å²) in [6.07, 6.45) is -2.99. The van der Waals surface area contributed by atoms with E-state index in [1.54, 1.807) is 6.07 Å². The van der Waals surface area contributed by atoms with Gasteiger partial charge in [0.2, 0.25) is 0 Å². The van der Waals surface area contributed by atoms with E-state index < -0.39 is 24.1 Å². The maximum Gasteiger partial charge on any atom is 0.412 e. The number of halogens is 4. The number of aromatic nitrogens is 1. The van der Waals surface area contributed by atoms with Crippen LogP contribution in [0.1, 0.15) is 46.8 Å². The Bertz CT molecular complexity index is 1440. The van der Waals surface area contributed by atoms with Crippen molar-refractivity contribution < 1.29 is 27.9 Å². The van der Waals surface area contributed by atoms with E-state index in [1.165, 1.54) is 36.4 Å². The number of alkyl halides is 3. The molecule has 1 atom stereocenters. The lowest BCUT2D eigenvalue weighted by Crippen LogP contribution is -2.38. The number of rotatable bonds is 9. The number of carboxylic acids is 1. The molecule has 4 aromatic rings. The molecule has 1 amide bonds. The van der Waals surface area contributed by atoms with Crippen molar-refractivity contribution in [1.82, 2.24) is 10.3 Å². The van der Waals surface area contributed by atoms with E-state index in [1.807, 2.05) is 36.4 Å². The van der Waals surface area contributed by atoms with Gasteiger partial charge in [-0.3, -0.25) is 9.59 Å². The molecule has 0 fully saturated rings.